The third kappa shape index (κ3) is 8.73. The molecule has 0 aliphatic carbocycles. The zero-order chi connectivity index (χ0) is 25.4. The molecule has 0 bridgehead atoms. The van der Waals surface area contributed by atoms with Crippen LogP contribution in [0.5, 0.6) is 11.6 Å². The smallest absolute Gasteiger partial charge is 0.219 e. The Kier molecular flexibility index (Phi) is 9.78. The minimum atomic E-state index is 0.00486. The molecule has 0 radical (unpaired) electrons. The van der Waals surface area contributed by atoms with Crippen molar-refractivity contribution in [2.45, 2.75) is 33.7 Å². The first-order chi connectivity index (χ1) is 16.7. The average molecular weight is 515 g/mol. The van der Waals surface area contributed by atoms with Gasteiger partial charge in [0.2, 0.25) is 11.8 Å². The molecule has 1 heterocycles. The molecule has 6 nitrogen and oxygen atoms in total. The van der Waals surface area contributed by atoms with Gasteiger partial charge < -0.3 is 15.8 Å². The number of pyridine rings is 1. The molecular weight excluding hydrogens is 483 g/mol. The average Bonchev–Trinajstić information content (AvgIpc) is 2.81. The largest absolute Gasteiger partial charge is 0.439 e. The number of amides is 1. The summed E-state index contributed by atoms with van der Waals surface area (Å²) in [7, 11) is 0. The lowest BCUT2D eigenvalue weighted by Crippen LogP contribution is -2.30. The first-order valence-electron chi connectivity index (χ1n) is 11.7. The van der Waals surface area contributed by atoms with E-state index in [2.05, 4.69) is 35.1 Å². The van der Waals surface area contributed by atoms with Gasteiger partial charge >= 0.3 is 0 Å². The predicted molar refractivity (Wildman–Crippen MR) is 144 cm³/mol. The van der Waals surface area contributed by atoms with Gasteiger partial charge in [0.05, 0.1) is 11.9 Å². The number of nitrogens with two attached hydrogens (primary N) is 1. The summed E-state index contributed by atoms with van der Waals surface area (Å²) >= 11 is 12.6. The van der Waals surface area contributed by atoms with E-state index >= 15 is 0 Å². The summed E-state index contributed by atoms with van der Waals surface area (Å²) in [5, 5.41) is 4.04. The van der Waals surface area contributed by atoms with Crippen molar-refractivity contribution in [1.29, 1.82) is 0 Å². The Labute approximate surface area is 217 Å². The molecule has 1 atom stereocenters. The van der Waals surface area contributed by atoms with Crippen molar-refractivity contribution in [3.05, 3.63) is 70.3 Å². The number of benzene rings is 2. The Morgan fingerprint density at radius 2 is 1.83 bits per heavy atom. The van der Waals surface area contributed by atoms with Crippen molar-refractivity contribution in [3.8, 4) is 22.8 Å². The highest BCUT2D eigenvalue weighted by molar-refractivity contribution is 6.35. The number of carbonyl (C=O) groups is 1. The van der Waals surface area contributed by atoms with E-state index in [4.69, 9.17) is 33.7 Å². The molecule has 2 aromatic carbocycles. The molecule has 35 heavy (non-hydrogen) atoms. The second kappa shape index (κ2) is 12.8. The van der Waals surface area contributed by atoms with Crippen molar-refractivity contribution < 1.29 is 9.53 Å². The fourth-order valence-corrected chi connectivity index (χ4v) is 4.23. The Morgan fingerprint density at radius 3 is 2.46 bits per heavy atom. The number of ether oxygens (including phenoxy) is 1. The maximum absolute atomic E-state index is 11.2. The van der Waals surface area contributed by atoms with E-state index in [1.807, 2.05) is 24.3 Å². The van der Waals surface area contributed by atoms with Gasteiger partial charge in [0.15, 0.2) is 0 Å². The normalized spacial score (nSPS) is 11.9. The Bertz CT molecular complexity index is 1120. The molecular formula is C27H32Cl2N4O2. The summed E-state index contributed by atoms with van der Waals surface area (Å²) in [4.78, 5) is 17.8. The summed E-state index contributed by atoms with van der Waals surface area (Å²) in [5.41, 5.74) is 9.29. The van der Waals surface area contributed by atoms with Crippen molar-refractivity contribution in [2.24, 2.45) is 5.92 Å². The van der Waals surface area contributed by atoms with Gasteiger partial charge in [0.1, 0.15) is 5.75 Å². The number of carbonyl (C=O) groups excluding carboxylic acids is 1. The lowest BCUT2D eigenvalue weighted by molar-refractivity contribution is -0.119. The third-order valence-electron chi connectivity index (χ3n) is 5.63. The minimum Gasteiger partial charge on any atom is -0.439 e. The SMILES string of the molecule is CCN(CCC(C)CNC(C)=O)Cc1cc(Oc2ccc(N)cn2)cc(-c2cc(Cl)cc(Cl)c2)c1. The van der Waals surface area contributed by atoms with Crippen molar-refractivity contribution in [1.82, 2.24) is 15.2 Å². The van der Waals surface area contributed by atoms with Gasteiger partial charge in [-0.2, -0.15) is 0 Å². The number of halogens is 2. The topological polar surface area (TPSA) is 80.5 Å². The molecule has 3 rings (SSSR count). The van der Waals surface area contributed by atoms with Gasteiger partial charge in [0.25, 0.3) is 0 Å². The molecule has 1 aromatic heterocycles. The Balaban J connectivity index is 1.84. The number of rotatable bonds is 11. The van der Waals surface area contributed by atoms with E-state index in [0.717, 1.165) is 42.7 Å². The van der Waals surface area contributed by atoms with Crippen LogP contribution >= 0.6 is 23.2 Å². The molecule has 1 amide bonds. The van der Waals surface area contributed by atoms with E-state index in [1.54, 1.807) is 31.3 Å². The van der Waals surface area contributed by atoms with Crippen molar-refractivity contribution in [2.75, 3.05) is 25.4 Å². The fourth-order valence-electron chi connectivity index (χ4n) is 3.70. The number of hydrogen-bond donors (Lipinski definition) is 2. The molecule has 1 unspecified atom stereocenters. The fraction of sp³-hybridized carbons (Fsp3) is 0.333. The first kappa shape index (κ1) is 26.8. The zero-order valence-electron chi connectivity index (χ0n) is 20.4. The molecule has 3 aromatic rings. The van der Waals surface area contributed by atoms with Crippen LogP contribution in [0.25, 0.3) is 11.1 Å². The highest BCUT2D eigenvalue weighted by Crippen LogP contribution is 2.32. The molecule has 186 valence electrons. The number of anilines is 1. The van der Waals surface area contributed by atoms with E-state index in [1.165, 1.54) is 0 Å². The zero-order valence-corrected chi connectivity index (χ0v) is 21.9. The third-order valence-corrected chi connectivity index (χ3v) is 6.07. The highest BCUT2D eigenvalue weighted by atomic mass is 35.5. The van der Waals surface area contributed by atoms with Crippen molar-refractivity contribution in [3.63, 3.8) is 0 Å². The van der Waals surface area contributed by atoms with Crippen LogP contribution in [0.15, 0.2) is 54.7 Å². The van der Waals surface area contributed by atoms with E-state index in [-0.39, 0.29) is 5.91 Å². The lowest BCUT2D eigenvalue weighted by Gasteiger charge is -2.23. The first-order valence-corrected chi connectivity index (χ1v) is 12.4. The Hall–Kier alpha value is -2.80. The van der Waals surface area contributed by atoms with Gasteiger partial charge in [-0.15, -0.1) is 0 Å². The number of aromatic nitrogens is 1. The molecule has 0 saturated heterocycles. The van der Waals surface area contributed by atoms with E-state index < -0.39 is 0 Å². The van der Waals surface area contributed by atoms with Gasteiger partial charge in [-0.25, -0.2) is 4.98 Å². The summed E-state index contributed by atoms with van der Waals surface area (Å²) in [6.45, 7) is 9.09. The van der Waals surface area contributed by atoms with Crippen LogP contribution in [0, 0.1) is 5.92 Å². The summed E-state index contributed by atoms with van der Waals surface area (Å²) in [6, 6.07) is 15.1. The van der Waals surface area contributed by atoms with Crippen LogP contribution in [0.3, 0.4) is 0 Å². The standard InChI is InChI=1S/C27H32Cl2N4O2/c1-4-33(8-7-18(2)15-31-19(3)34)17-20-9-21(22-11-23(28)14-24(29)12-22)13-26(10-20)35-27-6-5-25(30)16-32-27/h5-6,9-14,16,18H,4,7-8,15,17,30H2,1-3H3,(H,31,34). The molecule has 0 spiro atoms. The Morgan fingerprint density at radius 1 is 1.11 bits per heavy atom. The summed E-state index contributed by atoms with van der Waals surface area (Å²) in [6.07, 6.45) is 2.55. The number of nitrogens with zero attached hydrogens (tertiary/aromatic N) is 2. The van der Waals surface area contributed by atoms with Crippen LogP contribution in [0.1, 0.15) is 32.8 Å². The summed E-state index contributed by atoms with van der Waals surface area (Å²) < 4.78 is 6.07. The number of nitrogen functional groups attached to an aromatic ring is 1. The molecule has 0 aliphatic rings. The predicted octanol–water partition coefficient (Wildman–Crippen LogP) is 6.41. The molecule has 3 N–H and O–H groups in total. The van der Waals surface area contributed by atoms with E-state index in [0.29, 0.717) is 39.8 Å². The number of nitrogens with one attached hydrogen (secondary N) is 1. The highest BCUT2D eigenvalue weighted by Gasteiger charge is 2.12. The van der Waals surface area contributed by atoms with Crippen LogP contribution < -0.4 is 15.8 Å². The van der Waals surface area contributed by atoms with Crippen molar-refractivity contribution >= 4 is 34.8 Å². The summed E-state index contributed by atoms with van der Waals surface area (Å²) in [5.74, 6) is 1.53. The maximum atomic E-state index is 11.2. The lowest BCUT2D eigenvalue weighted by atomic mass is 10.0. The monoisotopic (exact) mass is 514 g/mol. The van der Waals surface area contributed by atoms with E-state index in [9.17, 15) is 4.79 Å². The molecule has 8 heteroatoms. The minimum absolute atomic E-state index is 0.00486. The van der Waals surface area contributed by atoms with Crippen LogP contribution in [0.2, 0.25) is 10.0 Å². The van der Waals surface area contributed by atoms with Gasteiger partial charge in [-0.05, 0) is 84.6 Å². The van der Waals surface area contributed by atoms with Gasteiger partial charge in [-0.3, -0.25) is 9.69 Å². The van der Waals surface area contributed by atoms with Crippen LogP contribution in [-0.4, -0.2) is 35.4 Å². The molecule has 0 saturated carbocycles. The van der Waals surface area contributed by atoms with Gasteiger partial charge in [-0.1, -0.05) is 37.0 Å². The molecule has 0 aliphatic heterocycles. The molecule has 0 fully saturated rings. The van der Waals surface area contributed by atoms with Crippen LogP contribution in [0.4, 0.5) is 5.69 Å². The maximum Gasteiger partial charge on any atom is 0.219 e. The van der Waals surface area contributed by atoms with Gasteiger partial charge in [0, 0.05) is 36.1 Å². The second-order valence-electron chi connectivity index (χ2n) is 8.76. The number of hydrogen-bond acceptors (Lipinski definition) is 5. The quantitative estimate of drug-likeness (QED) is 0.308. The van der Waals surface area contributed by atoms with Crippen LogP contribution in [-0.2, 0) is 11.3 Å². The second-order valence-corrected chi connectivity index (χ2v) is 9.63.